The molecule has 3 rings (SSSR count). The van der Waals surface area contributed by atoms with Crippen LogP contribution in [-0.4, -0.2) is 18.1 Å². The van der Waals surface area contributed by atoms with Crippen LogP contribution >= 0.6 is 11.8 Å². The minimum atomic E-state index is -0.204. The minimum Gasteiger partial charge on any atom is -0.496 e. The Hall–Kier alpha value is -2.33. The topological polar surface area (TPSA) is 38.7 Å². The smallest absolute Gasteiger partial charge is 0.284 e. The maximum Gasteiger partial charge on any atom is 0.284 e. The van der Waals surface area contributed by atoms with E-state index >= 15 is 0 Å². The molecule has 1 amide bonds. The van der Waals surface area contributed by atoms with Gasteiger partial charge in [-0.2, -0.15) is 0 Å². The molecule has 0 saturated heterocycles. The third-order valence-electron chi connectivity index (χ3n) is 3.07. The van der Waals surface area contributed by atoms with Gasteiger partial charge in [-0.1, -0.05) is 60.3 Å². The van der Waals surface area contributed by atoms with E-state index in [9.17, 15) is 4.79 Å². The predicted molar refractivity (Wildman–Crippen MR) is 86.5 cm³/mol. The van der Waals surface area contributed by atoms with Crippen LogP contribution < -0.4 is 4.74 Å². The van der Waals surface area contributed by atoms with Crippen molar-refractivity contribution in [3.63, 3.8) is 0 Å². The Kier molecular flexibility index (Phi) is 3.88. The van der Waals surface area contributed by atoms with Gasteiger partial charge in [-0.25, -0.2) is 4.99 Å². The zero-order chi connectivity index (χ0) is 14.7. The Morgan fingerprint density at radius 3 is 2.52 bits per heavy atom. The molecule has 0 aliphatic carbocycles. The lowest BCUT2D eigenvalue weighted by Gasteiger charge is -2.04. The predicted octanol–water partition coefficient (Wildman–Crippen LogP) is 3.76. The molecule has 1 aliphatic rings. The van der Waals surface area contributed by atoms with Crippen LogP contribution in [0, 0.1) is 0 Å². The number of thioether (sulfide) groups is 1. The molecule has 0 unspecified atom stereocenters. The van der Waals surface area contributed by atoms with E-state index in [1.807, 2.05) is 60.7 Å². The van der Waals surface area contributed by atoms with Crippen LogP contribution in [0.1, 0.15) is 11.1 Å². The first-order chi connectivity index (χ1) is 10.3. The summed E-state index contributed by atoms with van der Waals surface area (Å²) < 4.78 is 5.30. The van der Waals surface area contributed by atoms with E-state index in [0.717, 1.165) is 21.9 Å². The van der Waals surface area contributed by atoms with Crippen LogP contribution in [0.5, 0.6) is 5.75 Å². The normalized spacial score (nSPS) is 16.1. The van der Waals surface area contributed by atoms with Crippen LogP contribution in [0.3, 0.4) is 0 Å². The molecule has 2 aromatic rings. The van der Waals surface area contributed by atoms with Crippen molar-refractivity contribution in [2.75, 3.05) is 7.11 Å². The number of nitrogens with zero attached hydrogens (tertiary/aromatic N) is 1. The highest BCUT2D eigenvalue weighted by atomic mass is 32.2. The van der Waals surface area contributed by atoms with Gasteiger partial charge >= 0.3 is 0 Å². The summed E-state index contributed by atoms with van der Waals surface area (Å²) in [4.78, 5) is 16.8. The van der Waals surface area contributed by atoms with Crippen molar-refractivity contribution < 1.29 is 9.53 Å². The van der Waals surface area contributed by atoms with Crippen molar-refractivity contribution in [3.8, 4) is 5.75 Å². The van der Waals surface area contributed by atoms with Crippen molar-refractivity contribution in [2.45, 2.75) is 0 Å². The third-order valence-corrected chi connectivity index (χ3v) is 4.10. The molecule has 1 aliphatic heterocycles. The van der Waals surface area contributed by atoms with Gasteiger partial charge in [0.1, 0.15) is 10.8 Å². The Labute approximate surface area is 127 Å². The highest BCUT2D eigenvalue weighted by Crippen LogP contribution is 2.33. The van der Waals surface area contributed by atoms with Crippen molar-refractivity contribution in [2.24, 2.45) is 4.99 Å². The van der Waals surface area contributed by atoms with Gasteiger partial charge < -0.3 is 4.74 Å². The number of carbonyl (C=O) groups excluding carboxylic acids is 1. The van der Waals surface area contributed by atoms with Crippen LogP contribution in [0.25, 0.3) is 6.08 Å². The molecular weight excluding hydrogens is 282 g/mol. The lowest BCUT2D eigenvalue weighted by atomic mass is 10.2. The van der Waals surface area contributed by atoms with Crippen molar-refractivity contribution in [1.29, 1.82) is 0 Å². The average molecular weight is 295 g/mol. The molecule has 0 atom stereocenters. The molecule has 21 heavy (non-hydrogen) atoms. The fourth-order valence-corrected chi connectivity index (χ4v) is 2.95. The third kappa shape index (κ3) is 2.90. The lowest BCUT2D eigenvalue weighted by Crippen LogP contribution is -1.90. The Morgan fingerprint density at radius 1 is 1.05 bits per heavy atom. The number of methoxy groups -OCH3 is 1. The molecular formula is C17H13NO2S. The highest BCUT2D eigenvalue weighted by molar-refractivity contribution is 8.19. The summed E-state index contributed by atoms with van der Waals surface area (Å²) in [6.07, 6.45) is 1.82. The number of rotatable bonds is 3. The monoisotopic (exact) mass is 295 g/mol. The number of carbonyl (C=O) groups is 1. The van der Waals surface area contributed by atoms with Gasteiger partial charge in [0.05, 0.1) is 12.0 Å². The second-order valence-electron chi connectivity index (χ2n) is 4.44. The summed E-state index contributed by atoms with van der Waals surface area (Å²) >= 11 is 1.39. The van der Waals surface area contributed by atoms with E-state index in [1.54, 1.807) is 7.11 Å². The van der Waals surface area contributed by atoms with Gasteiger partial charge in [0, 0.05) is 11.1 Å². The summed E-state index contributed by atoms with van der Waals surface area (Å²) in [5, 5.41) is 0.738. The maximum absolute atomic E-state index is 12.0. The van der Waals surface area contributed by atoms with Gasteiger partial charge in [-0.15, -0.1) is 0 Å². The molecule has 3 nitrogen and oxygen atoms in total. The summed E-state index contributed by atoms with van der Waals surface area (Å²) in [6.45, 7) is 0. The van der Waals surface area contributed by atoms with Gasteiger partial charge in [-0.3, -0.25) is 4.79 Å². The zero-order valence-corrected chi connectivity index (χ0v) is 12.3. The van der Waals surface area contributed by atoms with Gasteiger partial charge in [0.15, 0.2) is 0 Å². The summed E-state index contributed by atoms with van der Waals surface area (Å²) in [5.74, 6) is 0.538. The second kappa shape index (κ2) is 5.97. The van der Waals surface area contributed by atoms with E-state index in [-0.39, 0.29) is 5.91 Å². The van der Waals surface area contributed by atoms with E-state index in [2.05, 4.69) is 4.99 Å². The molecule has 0 bridgehead atoms. The summed E-state index contributed by atoms with van der Waals surface area (Å²) in [5.41, 5.74) is 1.83. The highest BCUT2D eigenvalue weighted by Gasteiger charge is 2.23. The maximum atomic E-state index is 12.0. The largest absolute Gasteiger partial charge is 0.496 e. The number of para-hydroxylation sites is 1. The first-order valence-corrected chi connectivity index (χ1v) is 7.30. The Bertz CT molecular complexity index is 735. The van der Waals surface area contributed by atoms with Gasteiger partial charge in [-0.05, 0) is 12.1 Å². The fraction of sp³-hybridized carbons (Fsp3) is 0.0588. The number of ether oxygens (including phenoxy) is 1. The summed E-state index contributed by atoms with van der Waals surface area (Å²) in [7, 11) is 1.62. The summed E-state index contributed by atoms with van der Waals surface area (Å²) in [6, 6.07) is 17.3. The molecule has 0 N–H and O–H groups in total. The molecule has 0 spiro atoms. The molecule has 0 fully saturated rings. The Balaban J connectivity index is 1.90. The number of hydrogen-bond acceptors (Lipinski definition) is 3. The number of amides is 1. The van der Waals surface area contributed by atoms with Crippen molar-refractivity contribution in [3.05, 3.63) is 70.6 Å². The van der Waals surface area contributed by atoms with Gasteiger partial charge in [0.2, 0.25) is 0 Å². The van der Waals surface area contributed by atoms with Crippen LogP contribution in [0.4, 0.5) is 0 Å². The molecule has 2 aromatic carbocycles. The van der Waals surface area contributed by atoms with Crippen molar-refractivity contribution >= 4 is 28.8 Å². The molecule has 4 heteroatoms. The molecule has 0 aromatic heterocycles. The van der Waals surface area contributed by atoms with E-state index in [0.29, 0.717) is 4.91 Å². The SMILES string of the molecule is COc1ccccc1/C=C1/SC(c2ccccc2)=NC1=O. The molecule has 0 radical (unpaired) electrons. The number of aliphatic imine (C=N–C) groups is 1. The molecule has 0 saturated carbocycles. The average Bonchev–Trinajstić information content (AvgIpc) is 2.90. The first-order valence-electron chi connectivity index (χ1n) is 6.49. The van der Waals surface area contributed by atoms with Gasteiger partial charge in [0.25, 0.3) is 5.91 Å². The lowest BCUT2D eigenvalue weighted by molar-refractivity contribution is -0.113. The number of hydrogen-bond donors (Lipinski definition) is 0. The van der Waals surface area contributed by atoms with E-state index < -0.39 is 0 Å². The van der Waals surface area contributed by atoms with Crippen LogP contribution in [-0.2, 0) is 4.79 Å². The van der Waals surface area contributed by atoms with Crippen molar-refractivity contribution in [1.82, 2.24) is 0 Å². The fourth-order valence-electron chi connectivity index (χ4n) is 2.04. The standard InChI is InChI=1S/C17H13NO2S/c1-20-14-10-6-5-9-13(14)11-15-16(19)18-17(21-15)12-7-3-2-4-8-12/h2-11H,1H3/b15-11+. The first kappa shape index (κ1) is 13.6. The zero-order valence-electron chi connectivity index (χ0n) is 11.4. The van der Waals surface area contributed by atoms with E-state index in [1.165, 1.54) is 11.8 Å². The molecule has 104 valence electrons. The van der Waals surface area contributed by atoms with Crippen LogP contribution in [0.2, 0.25) is 0 Å². The van der Waals surface area contributed by atoms with Crippen LogP contribution in [0.15, 0.2) is 64.5 Å². The molecule has 1 heterocycles. The second-order valence-corrected chi connectivity index (χ2v) is 5.47. The Morgan fingerprint density at radius 2 is 1.76 bits per heavy atom. The quantitative estimate of drug-likeness (QED) is 0.809. The number of benzene rings is 2. The van der Waals surface area contributed by atoms with E-state index in [4.69, 9.17) is 4.74 Å². The minimum absolute atomic E-state index is 0.204.